The average Bonchev–Trinajstić information content (AvgIpc) is 2.98. The van der Waals surface area contributed by atoms with Gasteiger partial charge in [-0.25, -0.2) is 9.37 Å². The Morgan fingerprint density at radius 2 is 1.61 bits per heavy atom. The van der Waals surface area contributed by atoms with Crippen LogP contribution in [0.25, 0.3) is 0 Å². The van der Waals surface area contributed by atoms with Crippen molar-refractivity contribution in [1.29, 1.82) is 0 Å². The van der Waals surface area contributed by atoms with Crippen molar-refractivity contribution in [2.24, 2.45) is 0 Å². The maximum absolute atomic E-state index is 13.6. The van der Waals surface area contributed by atoms with Crippen LogP contribution in [0.2, 0.25) is 0 Å². The number of pyridine rings is 1. The second kappa shape index (κ2) is 9.97. The van der Waals surface area contributed by atoms with Crippen molar-refractivity contribution in [3.8, 4) is 0 Å². The third-order valence-corrected chi connectivity index (χ3v) is 5.04. The molecule has 3 rings (SSSR count). The zero-order chi connectivity index (χ0) is 19.8. The molecule has 2 amide bonds. The van der Waals surface area contributed by atoms with E-state index in [1.165, 1.54) is 18.9 Å². The lowest BCUT2D eigenvalue weighted by molar-refractivity contribution is 0.0927. The van der Waals surface area contributed by atoms with Gasteiger partial charge >= 0.3 is 0 Å². The molecule has 2 aromatic rings. The number of hydrogen-bond acceptors (Lipinski definition) is 3. The second-order valence-electron chi connectivity index (χ2n) is 7.17. The summed E-state index contributed by atoms with van der Waals surface area (Å²) in [4.78, 5) is 29.0. The van der Waals surface area contributed by atoms with E-state index in [9.17, 15) is 14.0 Å². The van der Waals surface area contributed by atoms with E-state index < -0.39 is 0 Å². The molecule has 0 radical (unpaired) electrons. The summed E-state index contributed by atoms with van der Waals surface area (Å²) >= 11 is 0. The maximum atomic E-state index is 13.6. The number of rotatable bonds is 6. The first kappa shape index (κ1) is 20.0. The molecule has 0 unspecified atom stereocenters. The fraction of sp³-hybridized carbons (Fsp3) is 0.409. The van der Waals surface area contributed by atoms with E-state index in [2.05, 4.69) is 15.6 Å². The van der Waals surface area contributed by atoms with Gasteiger partial charge in [0.15, 0.2) is 0 Å². The number of carbonyl (C=O) groups excluding carboxylic acids is 2. The number of nitrogens with zero attached hydrogens (tertiary/aromatic N) is 1. The summed E-state index contributed by atoms with van der Waals surface area (Å²) in [5.41, 5.74) is 0.973. The van der Waals surface area contributed by atoms with E-state index in [0.717, 1.165) is 25.7 Å². The normalized spacial score (nSPS) is 14.9. The Balaban J connectivity index is 1.55. The molecule has 1 aliphatic carbocycles. The van der Waals surface area contributed by atoms with Gasteiger partial charge in [0.1, 0.15) is 17.2 Å². The predicted octanol–water partition coefficient (Wildman–Crippen LogP) is 3.65. The summed E-state index contributed by atoms with van der Waals surface area (Å²) < 4.78 is 13.6. The van der Waals surface area contributed by atoms with E-state index in [-0.39, 0.29) is 35.1 Å². The Morgan fingerprint density at radius 1 is 0.929 bits per heavy atom. The first-order chi connectivity index (χ1) is 13.6. The zero-order valence-electron chi connectivity index (χ0n) is 15.9. The Bertz CT molecular complexity index is 817. The van der Waals surface area contributed by atoms with Crippen LogP contribution in [-0.4, -0.2) is 29.4 Å². The highest BCUT2D eigenvalue weighted by Crippen LogP contribution is 2.17. The van der Waals surface area contributed by atoms with Gasteiger partial charge in [-0.3, -0.25) is 9.59 Å². The molecule has 1 saturated carbocycles. The minimum atomic E-state index is -0.375. The van der Waals surface area contributed by atoms with Gasteiger partial charge in [0.25, 0.3) is 11.8 Å². The Kier molecular flexibility index (Phi) is 7.12. The number of halogens is 1. The Labute approximate surface area is 164 Å². The molecule has 0 atom stereocenters. The fourth-order valence-electron chi connectivity index (χ4n) is 3.47. The minimum absolute atomic E-state index is 0.176. The molecule has 1 aromatic carbocycles. The molecule has 28 heavy (non-hydrogen) atoms. The van der Waals surface area contributed by atoms with Crippen molar-refractivity contribution in [3.05, 3.63) is 65.2 Å². The van der Waals surface area contributed by atoms with E-state index in [4.69, 9.17) is 0 Å². The van der Waals surface area contributed by atoms with E-state index in [1.807, 2.05) is 0 Å². The molecule has 1 fully saturated rings. The van der Waals surface area contributed by atoms with Gasteiger partial charge in [0.05, 0.1) is 0 Å². The van der Waals surface area contributed by atoms with Crippen LogP contribution in [0.5, 0.6) is 0 Å². The van der Waals surface area contributed by atoms with Crippen LogP contribution in [0, 0.1) is 5.82 Å². The predicted molar refractivity (Wildman–Crippen MR) is 106 cm³/mol. The monoisotopic (exact) mass is 383 g/mol. The lowest BCUT2D eigenvalue weighted by Crippen LogP contribution is -2.35. The van der Waals surface area contributed by atoms with Crippen molar-refractivity contribution in [2.75, 3.05) is 6.54 Å². The van der Waals surface area contributed by atoms with Crippen molar-refractivity contribution in [3.63, 3.8) is 0 Å². The van der Waals surface area contributed by atoms with Crippen LogP contribution in [-0.2, 0) is 6.42 Å². The molecule has 1 aromatic heterocycles. The SMILES string of the molecule is O=C(NCCc1ccccc1F)c1cccc(C(=O)NC2CCCCCC2)n1. The topological polar surface area (TPSA) is 71.1 Å². The van der Waals surface area contributed by atoms with E-state index in [0.29, 0.717) is 18.5 Å². The van der Waals surface area contributed by atoms with Crippen LogP contribution in [0.3, 0.4) is 0 Å². The zero-order valence-corrected chi connectivity index (χ0v) is 15.9. The molecule has 2 N–H and O–H groups in total. The highest BCUT2D eigenvalue weighted by Gasteiger charge is 2.17. The number of aromatic nitrogens is 1. The van der Waals surface area contributed by atoms with E-state index >= 15 is 0 Å². The highest BCUT2D eigenvalue weighted by molar-refractivity contribution is 5.96. The highest BCUT2D eigenvalue weighted by atomic mass is 19.1. The van der Waals surface area contributed by atoms with Crippen LogP contribution in [0.4, 0.5) is 4.39 Å². The molecule has 5 nitrogen and oxygen atoms in total. The van der Waals surface area contributed by atoms with Crippen LogP contribution in [0.1, 0.15) is 65.1 Å². The molecule has 0 bridgehead atoms. The summed E-state index contributed by atoms with van der Waals surface area (Å²) in [7, 11) is 0. The van der Waals surface area contributed by atoms with Crippen molar-refractivity contribution in [2.45, 2.75) is 51.0 Å². The number of hydrogen-bond donors (Lipinski definition) is 2. The van der Waals surface area contributed by atoms with Gasteiger partial charge in [-0.15, -0.1) is 0 Å². The van der Waals surface area contributed by atoms with Crippen molar-refractivity contribution < 1.29 is 14.0 Å². The largest absolute Gasteiger partial charge is 0.350 e. The molecule has 0 aliphatic heterocycles. The summed E-state index contributed by atoms with van der Waals surface area (Å²) in [5.74, 6) is -0.902. The van der Waals surface area contributed by atoms with Gasteiger partial charge < -0.3 is 10.6 Å². The van der Waals surface area contributed by atoms with Gasteiger partial charge in [-0.05, 0) is 43.0 Å². The molecular weight excluding hydrogens is 357 g/mol. The smallest absolute Gasteiger partial charge is 0.270 e. The molecule has 1 aliphatic rings. The third-order valence-electron chi connectivity index (χ3n) is 5.04. The maximum Gasteiger partial charge on any atom is 0.270 e. The van der Waals surface area contributed by atoms with Crippen LogP contribution < -0.4 is 10.6 Å². The molecule has 148 valence electrons. The Hall–Kier alpha value is -2.76. The average molecular weight is 383 g/mol. The summed E-state index contributed by atoms with van der Waals surface area (Å²) in [6.07, 6.45) is 7.05. The van der Waals surface area contributed by atoms with Crippen LogP contribution >= 0.6 is 0 Å². The lowest BCUT2D eigenvalue weighted by atomic mass is 10.1. The summed E-state index contributed by atoms with van der Waals surface area (Å²) in [6, 6.07) is 11.5. The molecular formula is C22H26FN3O2. The third kappa shape index (κ3) is 5.62. The quantitative estimate of drug-likeness (QED) is 0.748. The van der Waals surface area contributed by atoms with E-state index in [1.54, 1.807) is 36.4 Å². The van der Waals surface area contributed by atoms with Gasteiger partial charge in [0.2, 0.25) is 0 Å². The fourth-order valence-corrected chi connectivity index (χ4v) is 3.47. The van der Waals surface area contributed by atoms with Gasteiger partial charge in [-0.1, -0.05) is 49.9 Å². The van der Waals surface area contributed by atoms with Crippen LogP contribution in [0.15, 0.2) is 42.5 Å². The van der Waals surface area contributed by atoms with Gasteiger partial charge in [0, 0.05) is 12.6 Å². The number of nitrogens with one attached hydrogen (secondary N) is 2. The standard InChI is InChI=1S/C22H26FN3O2/c23-18-11-6-5-8-16(18)14-15-24-21(27)19-12-7-13-20(26-19)22(28)25-17-9-3-1-2-4-10-17/h5-8,11-13,17H,1-4,9-10,14-15H2,(H,24,27)(H,25,28). The minimum Gasteiger partial charge on any atom is -0.350 e. The lowest BCUT2D eigenvalue weighted by Gasteiger charge is -2.16. The first-order valence-corrected chi connectivity index (χ1v) is 9.93. The van der Waals surface area contributed by atoms with Crippen molar-refractivity contribution in [1.82, 2.24) is 15.6 Å². The number of amides is 2. The Morgan fingerprint density at radius 3 is 2.32 bits per heavy atom. The summed E-state index contributed by atoms with van der Waals surface area (Å²) in [5, 5.41) is 5.77. The molecule has 0 spiro atoms. The molecule has 0 saturated heterocycles. The number of carbonyl (C=O) groups is 2. The second-order valence-corrected chi connectivity index (χ2v) is 7.17. The summed E-state index contributed by atoms with van der Waals surface area (Å²) in [6.45, 7) is 0.292. The van der Waals surface area contributed by atoms with Crippen molar-refractivity contribution >= 4 is 11.8 Å². The number of benzene rings is 1. The molecule has 1 heterocycles. The molecule has 6 heteroatoms. The van der Waals surface area contributed by atoms with Gasteiger partial charge in [-0.2, -0.15) is 0 Å². The first-order valence-electron chi connectivity index (χ1n) is 9.93.